The van der Waals surface area contributed by atoms with Gasteiger partial charge in [0.25, 0.3) is 0 Å². The summed E-state index contributed by atoms with van der Waals surface area (Å²) in [7, 11) is 1.84. The van der Waals surface area contributed by atoms with Crippen molar-refractivity contribution >= 4 is 11.5 Å². The molecular weight excluding hydrogens is 152 g/mol. The van der Waals surface area contributed by atoms with Crippen LogP contribution >= 0.6 is 0 Å². The van der Waals surface area contributed by atoms with E-state index < -0.39 is 0 Å². The van der Waals surface area contributed by atoms with Gasteiger partial charge >= 0.3 is 0 Å². The quantitative estimate of drug-likeness (QED) is 0.518. The van der Waals surface area contributed by atoms with E-state index in [1.54, 1.807) is 10.9 Å². The maximum Gasteiger partial charge on any atom is 0.171 e. The monoisotopic (exact) mass is 166 g/mol. The highest BCUT2D eigenvalue weighted by atomic mass is 15.3. The summed E-state index contributed by atoms with van der Waals surface area (Å²) in [6.45, 7) is 4.45. The van der Waals surface area contributed by atoms with Crippen LogP contribution in [0.3, 0.4) is 0 Å². The Hall–Kier alpha value is -1.45. The topological polar surface area (TPSA) is 55.9 Å². The van der Waals surface area contributed by atoms with Gasteiger partial charge in [-0.1, -0.05) is 6.08 Å². The first-order chi connectivity index (χ1) is 5.74. The second kappa shape index (κ2) is 3.80. The molecule has 0 saturated carbocycles. The summed E-state index contributed by atoms with van der Waals surface area (Å²) in [6.07, 6.45) is 4.54. The summed E-state index contributed by atoms with van der Waals surface area (Å²) in [4.78, 5) is 0. The van der Waals surface area contributed by atoms with Gasteiger partial charge in [0.2, 0.25) is 0 Å². The number of anilines is 2. The van der Waals surface area contributed by atoms with Crippen molar-refractivity contribution in [3.63, 3.8) is 0 Å². The third-order valence-corrected chi connectivity index (χ3v) is 1.50. The summed E-state index contributed by atoms with van der Waals surface area (Å²) < 4.78 is 1.69. The predicted molar refractivity (Wildman–Crippen MR) is 50.9 cm³/mol. The Morgan fingerprint density at radius 1 is 1.83 bits per heavy atom. The molecule has 0 fully saturated rings. The Morgan fingerprint density at radius 2 is 2.58 bits per heavy atom. The smallest absolute Gasteiger partial charge is 0.171 e. The van der Waals surface area contributed by atoms with E-state index in [2.05, 4.69) is 17.0 Å². The van der Waals surface area contributed by atoms with Gasteiger partial charge in [-0.3, -0.25) is 4.68 Å². The molecule has 1 aromatic heterocycles. The Labute approximate surface area is 72.1 Å². The molecule has 1 aromatic rings. The number of nitrogen functional groups attached to an aromatic ring is 1. The molecule has 0 aliphatic heterocycles. The molecule has 0 amide bonds. The van der Waals surface area contributed by atoms with Gasteiger partial charge in [0, 0.05) is 19.8 Å². The molecule has 4 heteroatoms. The van der Waals surface area contributed by atoms with Crippen LogP contribution in [0.5, 0.6) is 0 Å². The summed E-state index contributed by atoms with van der Waals surface area (Å²) >= 11 is 0. The molecule has 4 nitrogen and oxygen atoms in total. The van der Waals surface area contributed by atoms with Gasteiger partial charge < -0.3 is 11.1 Å². The van der Waals surface area contributed by atoms with Crippen LogP contribution < -0.4 is 11.1 Å². The minimum atomic E-state index is 0.682. The van der Waals surface area contributed by atoms with Gasteiger partial charge in [0.1, 0.15) is 0 Å². The fourth-order valence-corrected chi connectivity index (χ4v) is 0.937. The molecule has 0 unspecified atom stereocenters. The maximum absolute atomic E-state index is 5.65. The van der Waals surface area contributed by atoms with Crippen molar-refractivity contribution in [2.24, 2.45) is 7.05 Å². The largest absolute Gasteiger partial charge is 0.394 e. The van der Waals surface area contributed by atoms with E-state index in [4.69, 9.17) is 5.73 Å². The highest BCUT2D eigenvalue weighted by molar-refractivity contribution is 5.59. The molecule has 0 aromatic carbocycles. The van der Waals surface area contributed by atoms with Gasteiger partial charge in [-0.25, -0.2) is 0 Å². The number of nitrogens with zero attached hydrogens (tertiary/aromatic N) is 2. The molecule has 1 heterocycles. The van der Waals surface area contributed by atoms with Crippen LogP contribution in [-0.4, -0.2) is 16.3 Å². The Morgan fingerprint density at radius 3 is 3.08 bits per heavy atom. The Balaban J connectivity index is 2.50. The molecule has 0 aliphatic carbocycles. The minimum absolute atomic E-state index is 0.682. The number of hydrogen-bond donors (Lipinski definition) is 2. The lowest BCUT2D eigenvalue weighted by molar-refractivity contribution is 0.768. The van der Waals surface area contributed by atoms with Crippen LogP contribution in [0.25, 0.3) is 0 Å². The molecular formula is C8H14N4. The molecule has 0 saturated heterocycles. The van der Waals surface area contributed by atoms with Crippen LogP contribution in [0.1, 0.15) is 6.42 Å². The summed E-state index contributed by atoms with van der Waals surface area (Å²) in [5.41, 5.74) is 6.33. The SMILES string of the molecule is C=CCCNc1nn(C)cc1N. The van der Waals surface area contributed by atoms with E-state index in [9.17, 15) is 0 Å². The van der Waals surface area contributed by atoms with E-state index in [0.29, 0.717) is 5.69 Å². The number of rotatable bonds is 4. The number of hydrogen-bond acceptors (Lipinski definition) is 3. The van der Waals surface area contributed by atoms with E-state index in [1.165, 1.54) is 0 Å². The third-order valence-electron chi connectivity index (χ3n) is 1.50. The van der Waals surface area contributed by atoms with Crippen LogP contribution in [0.2, 0.25) is 0 Å². The molecule has 1 rings (SSSR count). The normalized spacial score (nSPS) is 9.75. The number of nitrogens with one attached hydrogen (secondary N) is 1. The number of nitrogens with two attached hydrogens (primary N) is 1. The van der Waals surface area contributed by atoms with E-state index in [-0.39, 0.29) is 0 Å². The van der Waals surface area contributed by atoms with Crippen LogP contribution in [0, 0.1) is 0 Å². The molecule has 3 N–H and O–H groups in total. The van der Waals surface area contributed by atoms with Crippen molar-refractivity contribution in [1.82, 2.24) is 9.78 Å². The first kappa shape index (κ1) is 8.64. The highest BCUT2D eigenvalue weighted by Gasteiger charge is 2.00. The number of aryl methyl sites for hydroxylation is 1. The minimum Gasteiger partial charge on any atom is -0.394 e. The van der Waals surface area contributed by atoms with E-state index in [0.717, 1.165) is 18.8 Å². The first-order valence-corrected chi connectivity index (χ1v) is 3.88. The second-order valence-electron chi connectivity index (χ2n) is 2.61. The lowest BCUT2D eigenvalue weighted by atomic mass is 10.4. The van der Waals surface area contributed by atoms with Crippen LogP contribution in [0.4, 0.5) is 11.5 Å². The molecule has 0 radical (unpaired) electrons. The highest BCUT2D eigenvalue weighted by Crippen LogP contribution is 2.13. The van der Waals surface area contributed by atoms with E-state index >= 15 is 0 Å². The fourth-order valence-electron chi connectivity index (χ4n) is 0.937. The van der Waals surface area contributed by atoms with Gasteiger partial charge in [0.15, 0.2) is 5.82 Å². The van der Waals surface area contributed by atoms with Crippen LogP contribution in [0.15, 0.2) is 18.9 Å². The Bertz CT molecular complexity index is 264. The second-order valence-corrected chi connectivity index (χ2v) is 2.61. The maximum atomic E-state index is 5.65. The fraction of sp³-hybridized carbons (Fsp3) is 0.375. The summed E-state index contributed by atoms with van der Waals surface area (Å²) in [6, 6.07) is 0. The van der Waals surface area contributed by atoms with Crippen molar-refractivity contribution in [2.75, 3.05) is 17.6 Å². The zero-order chi connectivity index (χ0) is 8.97. The zero-order valence-electron chi connectivity index (χ0n) is 7.25. The average molecular weight is 166 g/mol. The average Bonchev–Trinajstić information content (AvgIpc) is 2.31. The van der Waals surface area contributed by atoms with Crippen molar-refractivity contribution in [3.05, 3.63) is 18.9 Å². The molecule has 66 valence electrons. The summed E-state index contributed by atoms with van der Waals surface area (Å²) in [5.74, 6) is 0.749. The predicted octanol–water partition coefficient (Wildman–Crippen LogP) is 0.990. The van der Waals surface area contributed by atoms with Crippen molar-refractivity contribution in [3.8, 4) is 0 Å². The standard InChI is InChI=1S/C8H14N4/c1-3-4-5-10-8-7(9)6-12(2)11-8/h3,6H,1,4-5,9H2,2H3,(H,10,11). The molecule has 0 atom stereocenters. The van der Waals surface area contributed by atoms with Crippen molar-refractivity contribution in [2.45, 2.75) is 6.42 Å². The zero-order valence-corrected chi connectivity index (χ0v) is 7.25. The van der Waals surface area contributed by atoms with Crippen molar-refractivity contribution < 1.29 is 0 Å². The van der Waals surface area contributed by atoms with Gasteiger partial charge in [-0.2, -0.15) is 5.10 Å². The number of aromatic nitrogens is 2. The molecule has 0 aliphatic rings. The van der Waals surface area contributed by atoms with E-state index in [1.807, 2.05) is 13.1 Å². The Kier molecular flexibility index (Phi) is 2.74. The molecule has 0 spiro atoms. The molecule has 12 heavy (non-hydrogen) atoms. The lowest BCUT2D eigenvalue weighted by Gasteiger charge is -1.99. The first-order valence-electron chi connectivity index (χ1n) is 3.88. The lowest BCUT2D eigenvalue weighted by Crippen LogP contribution is -2.03. The van der Waals surface area contributed by atoms with Crippen molar-refractivity contribution in [1.29, 1.82) is 0 Å². The van der Waals surface area contributed by atoms with Gasteiger partial charge in [-0.05, 0) is 6.42 Å². The van der Waals surface area contributed by atoms with Gasteiger partial charge in [-0.15, -0.1) is 6.58 Å². The third kappa shape index (κ3) is 2.02. The van der Waals surface area contributed by atoms with Gasteiger partial charge in [0.05, 0.1) is 5.69 Å². The van der Waals surface area contributed by atoms with Crippen LogP contribution in [-0.2, 0) is 7.05 Å². The molecule has 0 bridgehead atoms. The summed E-state index contributed by atoms with van der Waals surface area (Å²) in [5, 5.41) is 7.23.